The van der Waals surface area contributed by atoms with Gasteiger partial charge in [0.1, 0.15) is 0 Å². The molecule has 0 fully saturated rings. The van der Waals surface area contributed by atoms with Crippen LogP contribution in [0.1, 0.15) is 23.6 Å². The zero-order valence-electron chi connectivity index (χ0n) is 15.6. The zero-order chi connectivity index (χ0) is 19.1. The number of hydrogen-bond donors (Lipinski definition) is 1. The molecule has 0 amide bonds. The van der Waals surface area contributed by atoms with E-state index in [0.29, 0.717) is 6.61 Å². The Morgan fingerprint density at radius 2 is 1.93 bits per heavy atom. The van der Waals surface area contributed by atoms with Gasteiger partial charge in [-0.2, -0.15) is 5.10 Å². The summed E-state index contributed by atoms with van der Waals surface area (Å²) in [4.78, 5) is 0. The zero-order valence-corrected chi connectivity index (χ0v) is 17.2. The van der Waals surface area contributed by atoms with Crippen molar-refractivity contribution in [3.8, 4) is 11.5 Å². The van der Waals surface area contributed by atoms with E-state index < -0.39 is 0 Å². The second-order valence-corrected chi connectivity index (χ2v) is 6.97. The number of halogens is 1. The highest BCUT2D eigenvalue weighted by Crippen LogP contribution is 2.36. The first-order chi connectivity index (χ1) is 13.2. The maximum Gasteiger partial charge on any atom is 0.175 e. The molecular weight excluding hydrogens is 406 g/mol. The van der Waals surface area contributed by atoms with Crippen molar-refractivity contribution in [2.45, 2.75) is 26.6 Å². The van der Waals surface area contributed by atoms with Gasteiger partial charge in [0.25, 0.3) is 0 Å². The van der Waals surface area contributed by atoms with Gasteiger partial charge in [-0.25, -0.2) is 0 Å². The van der Waals surface area contributed by atoms with Gasteiger partial charge in [-0.15, -0.1) is 0 Å². The monoisotopic (exact) mass is 429 g/mol. The van der Waals surface area contributed by atoms with Gasteiger partial charge in [0.05, 0.1) is 24.7 Å². The van der Waals surface area contributed by atoms with Crippen molar-refractivity contribution in [3.63, 3.8) is 0 Å². The van der Waals surface area contributed by atoms with E-state index in [2.05, 4.69) is 56.7 Å². The van der Waals surface area contributed by atoms with Gasteiger partial charge < -0.3 is 14.8 Å². The fourth-order valence-corrected chi connectivity index (χ4v) is 3.56. The lowest BCUT2D eigenvalue weighted by atomic mass is 10.1. The predicted molar refractivity (Wildman–Crippen MR) is 110 cm³/mol. The van der Waals surface area contributed by atoms with Crippen LogP contribution in [0.3, 0.4) is 0 Å². The van der Waals surface area contributed by atoms with Crippen LogP contribution in [0.15, 0.2) is 59.3 Å². The second-order valence-electron chi connectivity index (χ2n) is 6.12. The topological polar surface area (TPSA) is 48.3 Å². The first-order valence-corrected chi connectivity index (χ1v) is 9.74. The molecule has 1 heterocycles. The fraction of sp³-hybridized carbons (Fsp3) is 0.286. The first kappa shape index (κ1) is 19.5. The van der Waals surface area contributed by atoms with Crippen molar-refractivity contribution in [1.29, 1.82) is 0 Å². The Morgan fingerprint density at radius 3 is 2.63 bits per heavy atom. The number of benzene rings is 2. The Morgan fingerprint density at radius 1 is 1.11 bits per heavy atom. The second kappa shape index (κ2) is 9.58. The van der Waals surface area contributed by atoms with Crippen LogP contribution < -0.4 is 14.8 Å². The molecule has 0 spiro atoms. The SMILES string of the molecule is CCOc1c(Br)cc(CNCc2ccccc2Cn2cccn2)cc1OC. The molecule has 0 saturated carbocycles. The summed E-state index contributed by atoms with van der Waals surface area (Å²) in [7, 11) is 1.66. The molecule has 0 radical (unpaired) electrons. The summed E-state index contributed by atoms with van der Waals surface area (Å²) in [5, 5.41) is 7.82. The summed E-state index contributed by atoms with van der Waals surface area (Å²) >= 11 is 3.58. The average molecular weight is 430 g/mol. The Balaban J connectivity index is 1.66. The van der Waals surface area contributed by atoms with E-state index in [0.717, 1.165) is 41.2 Å². The highest BCUT2D eigenvalue weighted by Gasteiger charge is 2.11. The minimum atomic E-state index is 0.597. The summed E-state index contributed by atoms with van der Waals surface area (Å²) in [6, 6.07) is 14.5. The summed E-state index contributed by atoms with van der Waals surface area (Å²) in [5.74, 6) is 1.48. The molecule has 5 nitrogen and oxygen atoms in total. The van der Waals surface area contributed by atoms with Gasteiger partial charge in [-0.05, 0) is 57.7 Å². The maximum atomic E-state index is 5.65. The first-order valence-electron chi connectivity index (χ1n) is 8.95. The Labute approximate surface area is 168 Å². The molecular formula is C21H24BrN3O2. The van der Waals surface area contributed by atoms with E-state index >= 15 is 0 Å². The Bertz CT molecular complexity index is 866. The van der Waals surface area contributed by atoms with Crippen LogP contribution in [0.25, 0.3) is 0 Å². The van der Waals surface area contributed by atoms with E-state index in [1.807, 2.05) is 29.9 Å². The van der Waals surface area contributed by atoms with E-state index in [1.165, 1.54) is 11.1 Å². The summed E-state index contributed by atoms with van der Waals surface area (Å²) in [6.07, 6.45) is 3.78. The van der Waals surface area contributed by atoms with Gasteiger partial charge in [0.2, 0.25) is 0 Å². The van der Waals surface area contributed by atoms with Crippen molar-refractivity contribution in [2.24, 2.45) is 0 Å². The van der Waals surface area contributed by atoms with Gasteiger partial charge in [-0.1, -0.05) is 24.3 Å². The molecule has 142 valence electrons. The predicted octanol–water partition coefficient (Wildman–Crippen LogP) is 4.39. The quantitative estimate of drug-likeness (QED) is 0.547. The van der Waals surface area contributed by atoms with Crippen molar-refractivity contribution >= 4 is 15.9 Å². The highest BCUT2D eigenvalue weighted by molar-refractivity contribution is 9.10. The third-order valence-electron chi connectivity index (χ3n) is 4.23. The van der Waals surface area contributed by atoms with E-state index in [1.54, 1.807) is 13.3 Å². The largest absolute Gasteiger partial charge is 0.493 e. The standard InChI is InChI=1S/C21H24BrN3O2/c1-3-27-21-19(22)11-16(12-20(21)26-2)13-23-14-17-7-4-5-8-18(17)15-25-10-6-9-24-25/h4-12,23H,3,13-15H2,1-2H3. The number of aromatic nitrogens is 2. The normalized spacial score (nSPS) is 10.8. The third-order valence-corrected chi connectivity index (χ3v) is 4.82. The van der Waals surface area contributed by atoms with Crippen molar-refractivity contribution in [1.82, 2.24) is 15.1 Å². The maximum absolute atomic E-state index is 5.65. The van der Waals surface area contributed by atoms with E-state index in [-0.39, 0.29) is 0 Å². The van der Waals surface area contributed by atoms with Crippen LogP contribution in [-0.4, -0.2) is 23.5 Å². The molecule has 0 bridgehead atoms. The molecule has 2 aromatic carbocycles. The summed E-state index contributed by atoms with van der Waals surface area (Å²) in [6.45, 7) is 4.84. The number of rotatable bonds is 9. The fourth-order valence-electron chi connectivity index (χ4n) is 2.95. The van der Waals surface area contributed by atoms with E-state index in [4.69, 9.17) is 9.47 Å². The molecule has 0 atom stereocenters. The van der Waals surface area contributed by atoms with Crippen LogP contribution in [0.2, 0.25) is 0 Å². The van der Waals surface area contributed by atoms with Crippen LogP contribution in [0, 0.1) is 0 Å². The number of nitrogens with zero attached hydrogens (tertiary/aromatic N) is 2. The Kier molecular flexibility index (Phi) is 6.90. The molecule has 0 saturated heterocycles. The van der Waals surface area contributed by atoms with Gasteiger partial charge in [-0.3, -0.25) is 4.68 Å². The number of nitrogens with one attached hydrogen (secondary N) is 1. The molecule has 3 rings (SSSR count). The molecule has 0 aliphatic rings. The molecule has 0 aliphatic carbocycles. The van der Waals surface area contributed by atoms with Crippen molar-refractivity contribution in [3.05, 3.63) is 76.0 Å². The molecule has 6 heteroatoms. The smallest absolute Gasteiger partial charge is 0.175 e. The lowest BCUT2D eigenvalue weighted by Crippen LogP contribution is -2.15. The van der Waals surface area contributed by atoms with Crippen molar-refractivity contribution < 1.29 is 9.47 Å². The number of hydrogen-bond acceptors (Lipinski definition) is 4. The Hall–Kier alpha value is -2.31. The third kappa shape index (κ3) is 5.11. The highest BCUT2D eigenvalue weighted by atomic mass is 79.9. The van der Waals surface area contributed by atoms with E-state index in [9.17, 15) is 0 Å². The van der Waals surface area contributed by atoms with Gasteiger partial charge in [0.15, 0.2) is 11.5 Å². The molecule has 1 aromatic heterocycles. The van der Waals surface area contributed by atoms with Crippen LogP contribution in [0.5, 0.6) is 11.5 Å². The minimum absolute atomic E-state index is 0.597. The molecule has 0 unspecified atom stereocenters. The number of methoxy groups -OCH3 is 1. The minimum Gasteiger partial charge on any atom is -0.493 e. The lowest BCUT2D eigenvalue weighted by molar-refractivity contribution is 0.308. The molecule has 0 aliphatic heterocycles. The lowest BCUT2D eigenvalue weighted by Gasteiger charge is -2.14. The number of ether oxygens (including phenoxy) is 2. The van der Waals surface area contributed by atoms with Gasteiger partial charge >= 0.3 is 0 Å². The molecule has 27 heavy (non-hydrogen) atoms. The van der Waals surface area contributed by atoms with Crippen LogP contribution in [-0.2, 0) is 19.6 Å². The summed E-state index contributed by atoms with van der Waals surface area (Å²) in [5.41, 5.74) is 3.66. The van der Waals surface area contributed by atoms with Crippen molar-refractivity contribution in [2.75, 3.05) is 13.7 Å². The van der Waals surface area contributed by atoms with Crippen LogP contribution >= 0.6 is 15.9 Å². The van der Waals surface area contributed by atoms with Gasteiger partial charge in [0, 0.05) is 25.5 Å². The summed E-state index contributed by atoms with van der Waals surface area (Å²) < 4.78 is 14.0. The molecule has 3 aromatic rings. The van der Waals surface area contributed by atoms with Crippen LogP contribution in [0.4, 0.5) is 0 Å². The molecule has 1 N–H and O–H groups in total. The average Bonchev–Trinajstić information content (AvgIpc) is 3.18.